The van der Waals surface area contributed by atoms with Crippen molar-refractivity contribution in [2.75, 3.05) is 0 Å². The molecular weight excluding hydrogens is 330 g/mol. The summed E-state index contributed by atoms with van der Waals surface area (Å²) in [5, 5.41) is 1.22. The first-order valence-corrected chi connectivity index (χ1v) is 9.66. The summed E-state index contributed by atoms with van der Waals surface area (Å²) in [5.41, 5.74) is 5.04. The molecule has 0 saturated heterocycles. The van der Waals surface area contributed by atoms with Crippen LogP contribution < -0.4 is 0 Å². The molecule has 1 aromatic carbocycles. The summed E-state index contributed by atoms with van der Waals surface area (Å²) >= 11 is 0. The van der Waals surface area contributed by atoms with Crippen molar-refractivity contribution in [2.45, 2.75) is 52.4 Å². The second kappa shape index (κ2) is 7.91. The Morgan fingerprint density at radius 2 is 1.81 bits per heavy atom. The summed E-state index contributed by atoms with van der Waals surface area (Å²) in [4.78, 5) is 8.51. The van der Waals surface area contributed by atoms with Gasteiger partial charge in [-0.2, -0.15) is 0 Å². The number of pyridine rings is 2. The molecule has 27 heavy (non-hydrogen) atoms. The lowest BCUT2D eigenvalue weighted by Crippen LogP contribution is -2.10. The lowest BCUT2D eigenvalue weighted by molar-refractivity contribution is 0.591. The molecule has 1 unspecified atom stereocenters. The van der Waals surface area contributed by atoms with Gasteiger partial charge >= 0.3 is 0 Å². The third-order valence-electron chi connectivity index (χ3n) is 5.06. The van der Waals surface area contributed by atoms with Gasteiger partial charge in [0.15, 0.2) is 0 Å². The first-order valence-electron chi connectivity index (χ1n) is 9.66. The maximum atomic E-state index is 4.30. The van der Waals surface area contributed by atoms with E-state index >= 15 is 0 Å². The molecule has 0 aliphatic rings. The minimum absolute atomic E-state index is 0.212. The number of hydrogen-bond acceptors (Lipinski definition) is 2. The van der Waals surface area contributed by atoms with Crippen molar-refractivity contribution in [3.8, 4) is 0 Å². The van der Waals surface area contributed by atoms with Gasteiger partial charge in [-0.1, -0.05) is 52.8 Å². The van der Waals surface area contributed by atoms with E-state index in [2.05, 4.69) is 91.6 Å². The summed E-state index contributed by atoms with van der Waals surface area (Å²) in [6.45, 7) is 11.1. The van der Waals surface area contributed by atoms with Crippen LogP contribution in [-0.2, 0) is 5.41 Å². The van der Waals surface area contributed by atoms with Crippen molar-refractivity contribution in [1.29, 1.82) is 0 Å². The van der Waals surface area contributed by atoms with Gasteiger partial charge in [0, 0.05) is 30.2 Å². The van der Waals surface area contributed by atoms with Gasteiger partial charge < -0.3 is 4.40 Å². The standard InChI is InChI=1S/C13H15N.C11H14N2/c1-13(2,3)11-6-7-12-10(9-11)5-4-8-14-12;1-3-9(2)10-4-5-11-12-6-7-13(11)8-10/h4-9H,1-3H3;4-9H,3H2,1-2H3. The number of benzene rings is 1. The molecule has 0 amide bonds. The van der Waals surface area contributed by atoms with Gasteiger partial charge in [0.2, 0.25) is 0 Å². The quantitative estimate of drug-likeness (QED) is 0.416. The average Bonchev–Trinajstić information content (AvgIpc) is 3.14. The molecule has 0 aliphatic carbocycles. The van der Waals surface area contributed by atoms with Crippen molar-refractivity contribution in [1.82, 2.24) is 14.4 Å². The summed E-state index contributed by atoms with van der Waals surface area (Å²) < 4.78 is 2.07. The minimum atomic E-state index is 0.212. The van der Waals surface area contributed by atoms with Crippen molar-refractivity contribution in [3.05, 3.63) is 78.4 Å². The Morgan fingerprint density at radius 1 is 1.00 bits per heavy atom. The van der Waals surface area contributed by atoms with Crippen molar-refractivity contribution >= 4 is 16.6 Å². The largest absolute Gasteiger partial charge is 0.307 e. The Labute approximate surface area is 162 Å². The fourth-order valence-corrected chi connectivity index (χ4v) is 3.01. The molecule has 4 rings (SSSR count). The summed E-state index contributed by atoms with van der Waals surface area (Å²) in [6.07, 6.45) is 8.99. The highest BCUT2D eigenvalue weighted by Gasteiger charge is 2.13. The van der Waals surface area contributed by atoms with Crippen molar-refractivity contribution < 1.29 is 0 Å². The fourth-order valence-electron chi connectivity index (χ4n) is 3.01. The molecule has 3 aromatic heterocycles. The van der Waals surface area contributed by atoms with Crippen LogP contribution in [0, 0.1) is 0 Å². The first-order chi connectivity index (χ1) is 12.9. The number of imidazole rings is 1. The topological polar surface area (TPSA) is 30.2 Å². The summed E-state index contributed by atoms with van der Waals surface area (Å²) in [6, 6.07) is 14.8. The third kappa shape index (κ3) is 4.54. The van der Waals surface area contributed by atoms with E-state index < -0.39 is 0 Å². The van der Waals surface area contributed by atoms with Crippen LogP contribution >= 0.6 is 0 Å². The van der Waals surface area contributed by atoms with E-state index in [1.807, 2.05) is 24.7 Å². The maximum Gasteiger partial charge on any atom is 0.136 e. The molecule has 1 atom stereocenters. The van der Waals surface area contributed by atoms with E-state index in [0.717, 1.165) is 11.2 Å². The van der Waals surface area contributed by atoms with E-state index in [-0.39, 0.29) is 5.41 Å². The highest BCUT2D eigenvalue weighted by molar-refractivity contribution is 5.79. The molecule has 0 aliphatic heterocycles. The van der Waals surface area contributed by atoms with Crippen LogP contribution in [0.2, 0.25) is 0 Å². The average molecular weight is 360 g/mol. The van der Waals surface area contributed by atoms with Crippen LogP contribution in [0.25, 0.3) is 16.6 Å². The Kier molecular flexibility index (Phi) is 5.59. The molecule has 0 bridgehead atoms. The predicted molar refractivity (Wildman–Crippen MR) is 114 cm³/mol. The van der Waals surface area contributed by atoms with Gasteiger partial charge in [0.25, 0.3) is 0 Å². The molecule has 140 valence electrons. The van der Waals surface area contributed by atoms with Gasteiger partial charge in [0.1, 0.15) is 5.65 Å². The molecule has 0 fully saturated rings. The van der Waals surface area contributed by atoms with Gasteiger partial charge in [0.05, 0.1) is 5.52 Å². The van der Waals surface area contributed by atoms with E-state index in [9.17, 15) is 0 Å². The number of nitrogens with zero attached hydrogens (tertiary/aromatic N) is 3. The van der Waals surface area contributed by atoms with E-state index in [4.69, 9.17) is 0 Å². The van der Waals surface area contributed by atoms with E-state index in [1.54, 1.807) is 0 Å². The Morgan fingerprint density at radius 3 is 2.56 bits per heavy atom. The van der Waals surface area contributed by atoms with Crippen molar-refractivity contribution in [3.63, 3.8) is 0 Å². The fraction of sp³-hybridized carbons (Fsp3) is 0.333. The second-order valence-electron chi connectivity index (χ2n) is 8.13. The Bertz CT molecular complexity index is 1020. The van der Waals surface area contributed by atoms with Crippen LogP contribution in [0.3, 0.4) is 0 Å². The molecule has 0 radical (unpaired) electrons. The molecular formula is C24H29N3. The number of hydrogen-bond donors (Lipinski definition) is 0. The zero-order chi connectivity index (χ0) is 19.4. The minimum Gasteiger partial charge on any atom is -0.307 e. The first kappa shape index (κ1) is 19.1. The van der Waals surface area contributed by atoms with Gasteiger partial charge in [-0.3, -0.25) is 4.98 Å². The molecule has 0 saturated carbocycles. The van der Waals surface area contributed by atoms with Gasteiger partial charge in [-0.15, -0.1) is 0 Å². The zero-order valence-electron chi connectivity index (χ0n) is 17.0. The van der Waals surface area contributed by atoms with Gasteiger partial charge in [-0.05, 0) is 53.1 Å². The Hall–Kier alpha value is -2.68. The Balaban J connectivity index is 0.000000156. The lowest BCUT2D eigenvalue weighted by Gasteiger charge is -2.19. The number of aromatic nitrogens is 3. The van der Waals surface area contributed by atoms with Crippen LogP contribution in [-0.4, -0.2) is 14.4 Å². The molecule has 0 N–H and O–H groups in total. The van der Waals surface area contributed by atoms with Crippen LogP contribution in [0.1, 0.15) is 58.1 Å². The number of rotatable bonds is 2. The smallest absolute Gasteiger partial charge is 0.136 e. The second-order valence-corrected chi connectivity index (χ2v) is 8.13. The highest BCUT2D eigenvalue weighted by Crippen LogP contribution is 2.25. The molecule has 3 heterocycles. The normalized spacial score (nSPS) is 12.6. The van der Waals surface area contributed by atoms with Crippen LogP contribution in [0.15, 0.2) is 67.3 Å². The molecule has 4 aromatic rings. The summed E-state index contributed by atoms with van der Waals surface area (Å²) in [7, 11) is 0. The van der Waals surface area contributed by atoms with Crippen LogP contribution in [0.4, 0.5) is 0 Å². The van der Waals surface area contributed by atoms with E-state index in [1.165, 1.54) is 22.9 Å². The molecule has 0 spiro atoms. The monoisotopic (exact) mass is 359 g/mol. The highest BCUT2D eigenvalue weighted by atomic mass is 15.0. The maximum absolute atomic E-state index is 4.30. The zero-order valence-corrected chi connectivity index (χ0v) is 17.0. The van der Waals surface area contributed by atoms with Crippen molar-refractivity contribution in [2.24, 2.45) is 0 Å². The SMILES string of the molecule is CC(C)(C)c1ccc2ncccc2c1.CCC(C)c1ccc2nccn2c1. The molecule has 3 nitrogen and oxygen atoms in total. The lowest BCUT2D eigenvalue weighted by atomic mass is 9.86. The predicted octanol–water partition coefficient (Wildman–Crippen LogP) is 6.38. The summed E-state index contributed by atoms with van der Waals surface area (Å²) in [5.74, 6) is 0.631. The van der Waals surface area contributed by atoms with Gasteiger partial charge in [-0.25, -0.2) is 4.98 Å². The van der Waals surface area contributed by atoms with Crippen LogP contribution in [0.5, 0.6) is 0 Å². The third-order valence-corrected chi connectivity index (χ3v) is 5.06. The van der Waals surface area contributed by atoms with E-state index in [0.29, 0.717) is 5.92 Å². The number of fused-ring (bicyclic) bond motifs is 2. The molecule has 3 heteroatoms.